The number of rotatable bonds is 9. The minimum atomic E-state index is -0.599. The summed E-state index contributed by atoms with van der Waals surface area (Å²) < 4.78 is 22.6. The molecule has 3 aromatic heterocycles. The average molecular weight is 557 g/mol. The predicted molar refractivity (Wildman–Crippen MR) is 154 cm³/mol. The first-order valence-electron chi connectivity index (χ1n) is 13.5. The number of fused-ring (bicyclic) bond motifs is 1. The van der Waals surface area contributed by atoms with Crippen LogP contribution in [0.4, 0.5) is 23.3 Å². The Morgan fingerprint density at radius 1 is 1.10 bits per heavy atom. The second-order valence-corrected chi connectivity index (χ2v) is 10.4. The first-order valence-corrected chi connectivity index (χ1v) is 13.5. The summed E-state index contributed by atoms with van der Waals surface area (Å²) in [5, 5.41) is 21.2. The molecule has 0 amide bonds. The van der Waals surface area contributed by atoms with Crippen molar-refractivity contribution in [3.05, 3.63) is 66.0 Å². The van der Waals surface area contributed by atoms with E-state index in [1.165, 1.54) is 0 Å². The fraction of sp³-hybridized carbons (Fsp3) is 0.357. The molecule has 0 spiro atoms. The Bertz CT molecular complexity index is 1500. The molecule has 0 radical (unpaired) electrons. The topological polar surface area (TPSA) is 140 Å². The highest BCUT2D eigenvalue weighted by molar-refractivity contribution is 6.63. The fourth-order valence-corrected chi connectivity index (χ4v) is 5.04. The van der Waals surface area contributed by atoms with Gasteiger partial charge in [0.1, 0.15) is 11.6 Å². The van der Waals surface area contributed by atoms with Gasteiger partial charge >= 0.3 is 7.12 Å². The highest BCUT2D eigenvalue weighted by Crippen LogP contribution is 2.34. The van der Waals surface area contributed by atoms with E-state index in [0.717, 1.165) is 16.7 Å². The molecule has 1 aromatic carbocycles. The maximum absolute atomic E-state index is 10.3. The van der Waals surface area contributed by atoms with Crippen LogP contribution in [0.1, 0.15) is 31.1 Å². The molecular weight excluding hydrogens is 525 g/mol. The summed E-state index contributed by atoms with van der Waals surface area (Å²) in [6, 6.07) is 15.0. The number of hydrogen-bond donors (Lipinski definition) is 3. The highest BCUT2D eigenvalue weighted by atomic mass is 16.6. The number of aromatic nitrogens is 4. The summed E-state index contributed by atoms with van der Waals surface area (Å²) in [5.41, 5.74) is 3.30. The molecule has 6 rings (SSSR count). The van der Waals surface area contributed by atoms with Crippen LogP contribution in [-0.4, -0.2) is 72.4 Å². The molecule has 1 saturated heterocycles. The van der Waals surface area contributed by atoms with Gasteiger partial charge in [-0.25, -0.2) is 9.97 Å². The zero-order chi connectivity index (χ0) is 28.4. The number of nitrogens with one attached hydrogen (secondary N) is 2. The molecule has 2 aliphatic rings. The van der Waals surface area contributed by atoms with Crippen LogP contribution in [0.3, 0.4) is 0 Å². The van der Waals surface area contributed by atoms with Crippen molar-refractivity contribution in [3.8, 4) is 11.5 Å². The summed E-state index contributed by atoms with van der Waals surface area (Å²) in [6.07, 6.45) is 1.67. The van der Waals surface area contributed by atoms with Crippen molar-refractivity contribution in [1.29, 1.82) is 0 Å². The summed E-state index contributed by atoms with van der Waals surface area (Å²) >= 11 is 0. The Kier molecular flexibility index (Phi) is 7.58. The van der Waals surface area contributed by atoms with E-state index in [9.17, 15) is 5.11 Å². The Balaban J connectivity index is 1.33. The summed E-state index contributed by atoms with van der Waals surface area (Å²) in [4.78, 5) is 16.1. The van der Waals surface area contributed by atoms with Gasteiger partial charge in [0.15, 0.2) is 0 Å². The van der Waals surface area contributed by atoms with Crippen molar-refractivity contribution >= 4 is 35.9 Å². The van der Waals surface area contributed by atoms with E-state index in [4.69, 9.17) is 23.6 Å². The summed E-state index contributed by atoms with van der Waals surface area (Å²) in [5.74, 6) is 1.97. The van der Waals surface area contributed by atoms with Gasteiger partial charge in [0.05, 0.1) is 48.4 Å². The predicted octanol–water partition coefficient (Wildman–Crippen LogP) is 2.86. The van der Waals surface area contributed by atoms with Crippen molar-refractivity contribution in [1.82, 2.24) is 20.1 Å². The number of hydrogen-bond acceptors (Lipinski definition) is 12. The molecule has 0 bridgehead atoms. The highest BCUT2D eigenvalue weighted by Gasteiger charge is 2.43. The number of anilines is 4. The van der Waals surface area contributed by atoms with Crippen LogP contribution in [0.2, 0.25) is 0 Å². The zero-order valence-corrected chi connectivity index (χ0v) is 23.2. The van der Waals surface area contributed by atoms with E-state index in [1.807, 2.05) is 67.3 Å². The minimum Gasteiger partial charge on any atom is -0.410 e. The lowest BCUT2D eigenvalue weighted by molar-refractivity contribution is 0.0895. The van der Waals surface area contributed by atoms with Crippen molar-refractivity contribution < 1.29 is 23.7 Å². The van der Waals surface area contributed by atoms with E-state index in [0.29, 0.717) is 61.0 Å². The average Bonchev–Trinajstić information content (AvgIpc) is 3.59. The van der Waals surface area contributed by atoms with Gasteiger partial charge in [-0.3, -0.25) is 0 Å². The SMILES string of the molecule is COB1OC(C)(C)c2nc(Nc3cc(N[C@H](CO)c4ccccc4)c(-c4nc(N5CCOCC5)no4)cn3)ccc21. The monoisotopic (exact) mass is 557 g/mol. The lowest BCUT2D eigenvalue weighted by atomic mass is 9.80. The summed E-state index contributed by atoms with van der Waals surface area (Å²) in [6.45, 7) is 6.40. The molecule has 41 heavy (non-hydrogen) atoms. The Morgan fingerprint density at radius 3 is 2.66 bits per heavy atom. The van der Waals surface area contributed by atoms with Gasteiger partial charge in [0.2, 0.25) is 0 Å². The second-order valence-electron chi connectivity index (χ2n) is 10.4. The molecule has 3 N–H and O–H groups in total. The molecule has 0 saturated carbocycles. The maximum atomic E-state index is 10.3. The van der Waals surface area contributed by atoms with Gasteiger partial charge < -0.3 is 39.2 Å². The first kappa shape index (κ1) is 27.2. The third kappa shape index (κ3) is 5.61. The van der Waals surface area contributed by atoms with Crippen molar-refractivity contribution in [2.75, 3.05) is 55.6 Å². The lowest BCUT2D eigenvalue weighted by Crippen LogP contribution is -2.36. The van der Waals surface area contributed by atoms with Crippen molar-refractivity contribution in [2.45, 2.75) is 25.5 Å². The third-order valence-electron chi connectivity index (χ3n) is 7.18. The number of benzene rings is 1. The first-order chi connectivity index (χ1) is 19.9. The number of aliphatic hydroxyl groups excluding tert-OH is 1. The maximum Gasteiger partial charge on any atom is 0.496 e. The van der Waals surface area contributed by atoms with E-state index >= 15 is 0 Å². The van der Waals surface area contributed by atoms with E-state index in [2.05, 4.69) is 25.8 Å². The standard InChI is InChI=1S/C28H32BN7O5/c1-28(2)25-20(29(38-3)41-28)9-10-23(33-25)32-24-15-21(31-22(17-37)18-7-5-4-6-8-18)19(16-30-24)26-34-27(35-40-26)36-11-13-39-14-12-36/h4-10,15-16,22,37H,11-14,17H2,1-3H3,(H2,30,31,32,33)/t22-/m1/s1. The molecule has 4 aromatic rings. The second kappa shape index (κ2) is 11.5. The molecule has 212 valence electrons. The molecule has 0 unspecified atom stereocenters. The van der Waals surface area contributed by atoms with Gasteiger partial charge in [-0.2, -0.15) is 4.98 Å². The quantitative estimate of drug-likeness (QED) is 0.261. The molecule has 0 aliphatic carbocycles. The summed E-state index contributed by atoms with van der Waals surface area (Å²) in [7, 11) is 1.16. The minimum absolute atomic E-state index is 0.125. The molecule has 12 nitrogen and oxygen atoms in total. The smallest absolute Gasteiger partial charge is 0.410 e. The number of aliphatic hydroxyl groups is 1. The Labute approximate surface area is 238 Å². The number of nitrogens with zero attached hydrogens (tertiary/aromatic N) is 5. The normalized spacial score (nSPS) is 16.9. The Morgan fingerprint density at radius 2 is 1.90 bits per heavy atom. The molecule has 2 aliphatic heterocycles. The van der Waals surface area contributed by atoms with Crippen molar-refractivity contribution in [3.63, 3.8) is 0 Å². The molecular formula is C28H32BN7O5. The number of morpholine rings is 1. The fourth-order valence-electron chi connectivity index (χ4n) is 5.04. The van der Waals surface area contributed by atoms with Crippen LogP contribution < -0.4 is 21.0 Å². The largest absolute Gasteiger partial charge is 0.496 e. The van der Waals surface area contributed by atoms with Crippen molar-refractivity contribution in [2.24, 2.45) is 0 Å². The van der Waals surface area contributed by atoms with Gasteiger partial charge in [-0.1, -0.05) is 36.4 Å². The number of pyridine rings is 2. The van der Waals surface area contributed by atoms with Crippen LogP contribution >= 0.6 is 0 Å². The van der Waals surface area contributed by atoms with Crippen LogP contribution in [0.15, 0.2) is 59.3 Å². The molecule has 1 fully saturated rings. The van der Waals surface area contributed by atoms with E-state index in [1.54, 1.807) is 13.3 Å². The van der Waals surface area contributed by atoms with Gasteiger partial charge in [0, 0.05) is 37.9 Å². The Hall–Kier alpha value is -4.04. The molecule has 1 atom stereocenters. The van der Waals surface area contributed by atoms with E-state index < -0.39 is 12.7 Å². The van der Waals surface area contributed by atoms with Crippen LogP contribution in [0.5, 0.6) is 0 Å². The third-order valence-corrected chi connectivity index (χ3v) is 7.18. The van der Waals surface area contributed by atoms with Crippen LogP contribution in [-0.2, 0) is 19.6 Å². The molecule has 5 heterocycles. The van der Waals surface area contributed by atoms with Crippen LogP contribution in [0.25, 0.3) is 11.5 Å². The lowest BCUT2D eigenvalue weighted by Gasteiger charge is -2.24. The van der Waals surface area contributed by atoms with Gasteiger partial charge in [-0.05, 0) is 30.6 Å². The van der Waals surface area contributed by atoms with Gasteiger partial charge in [-0.15, -0.1) is 0 Å². The van der Waals surface area contributed by atoms with E-state index in [-0.39, 0.29) is 12.6 Å². The molecule has 13 heteroatoms. The number of ether oxygens (including phenoxy) is 1. The van der Waals surface area contributed by atoms with Gasteiger partial charge in [0.25, 0.3) is 11.8 Å². The van der Waals surface area contributed by atoms with Crippen LogP contribution in [0, 0.1) is 0 Å². The zero-order valence-electron chi connectivity index (χ0n) is 23.2.